The maximum Gasteiger partial charge on any atom is 0.214 e. The first-order valence-corrected chi connectivity index (χ1v) is 18.0. The molecule has 15 heteroatoms. The molecule has 0 unspecified atom stereocenters. The molecular weight excluding hydrogens is 661 g/mol. The third-order valence-corrected chi connectivity index (χ3v) is 10.9. The zero-order valence-corrected chi connectivity index (χ0v) is 28.8. The summed E-state index contributed by atoms with van der Waals surface area (Å²) < 4.78 is 5.34. The van der Waals surface area contributed by atoms with Gasteiger partial charge in [-0.2, -0.15) is 14.0 Å². The van der Waals surface area contributed by atoms with Crippen LogP contribution in [0.15, 0.2) is 106 Å². The van der Waals surface area contributed by atoms with Gasteiger partial charge in [0.05, 0.1) is 17.1 Å². The number of hydrogen-bond donors (Lipinski definition) is 0. The van der Waals surface area contributed by atoms with Crippen LogP contribution in [-0.4, -0.2) is 60.6 Å². The van der Waals surface area contributed by atoms with Crippen molar-refractivity contribution in [2.75, 3.05) is 0 Å². The van der Waals surface area contributed by atoms with Crippen molar-refractivity contribution in [3.8, 4) is 17.1 Å². The maximum atomic E-state index is 4.35. The lowest BCUT2D eigenvalue weighted by atomic mass is 9.90. The minimum atomic E-state index is 0.698. The van der Waals surface area contributed by atoms with E-state index >= 15 is 0 Å². The molecular formula is C33H30N12S3. The Hall–Kier alpha value is -4.86. The van der Waals surface area contributed by atoms with Crippen molar-refractivity contribution in [1.29, 1.82) is 0 Å². The van der Waals surface area contributed by atoms with Gasteiger partial charge in [0.25, 0.3) is 0 Å². The summed E-state index contributed by atoms with van der Waals surface area (Å²) in [6.45, 7) is 6.62. The molecule has 0 amide bonds. The summed E-state index contributed by atoms with van der Waals surface area (Å²) in [7, 11) is 0. The summed E-state index contributed by atoms with van der Waals surface area (Å²) in [5, 5.41) is 40.0. The van der Waals surface area contributed by atoms with Gasteiger partial charge in [-0.3, -0.25) is 0 Å². The molecule has 7 rings (SSSR count). The number of benzene rings is 4. The smallest absolute Gasteiger partial charge is 0.188 e. The van der Waals surface area contributed by atoms with Gasteiger partial charge in [-0.25, -0.2) is 0 Å². The molecule has 4 aromatic carbocycles. The highest BCUT2D eigenvalue weighted by Gasteiger charge is 2.21. The van der Waals surface area contributed by atoms with E-state index in [0.29, 0.717) is 17.3 Å². The predicted molar refractivity (Wildman–Crippen MR) is 187 cm³/mol. The molecule has 0 aliphatic carbocycles. The quantitative estimate of drug-likeness (QED) is 0.131. The summed E-state index contributed by atoms with van der Waals surface area (Å²) in [5.41, 5.74) is 10.2. The van der Waals surface area contributed by atoms with Crippen LogP contribution in [0.1, 0.15) is 33.4 Å². The average Bonchev–Trinajstić information content (AvgIpc) is 3.91. The van der Waals surface area contributed by atoms with Crippen LogP contribution in [0.25, 0.3) is 17.1 Å². The van der Waals surface area contributed by atoms with Crippen LogP contribution < -0.4 is 0 Å². The average molecular weight is 691 g/mol. The zero-order valence-electron chi connectivity index (χ0n) is 26.4. The normalized spacial score (nSPS) is 11.3. The first-order valence-electron chi connectivity index (χ1n) is 15.1. The molecule has 48 heavy (non-hydrogen) atoms. The number of tetrazole rings is 3. The monoisotopic (exact) mass is 690 g/mol. The largest absolute Gasteiger partial charge is 0.214 e. The first-order chi connectivity index (χ1) is 23.6. The Morgan fingerprint density at radius 1 is 0.417 bits per heavy atom. The molecule has 240 valence electrons. The van der Waals surface area contributed by atoms with E-state index in [4.69, 9.17) is 0 Å². The van der Waals surface area contributed by atoms with Crippen LogP contribution in [0.3, 0.4) is 0 Å². The van der Waals surface area contributed by atoms with Crippen LogP contribution in [0.5, 0.6) is 0 Å². The molecule has 0 atom stereocenters. The Bertz CT molecular complexity index is 1870. The number of thioether (sulfide) groups is 3. The fraction of sp³-hybridized carbons (Fsp3) is 0.182. The second kappa shape index (κ2) is 14.5. The molecule has 0 saturated heterocycles. The fourth-order valence-electron chi connectivity index (χ4n) is 5.45. The molecule has 3 aromatic heterocycles. The van der Waals surface area contributed by atoms with Gasteiger partial charge < -0.3 is 0 Å². The topological polar surface area (TPSA) is 131 Å². The third kappa shape index (κ3) is 6.61. The second-order valence-corrected chi connectivity index (χ2v) is 13.6. The van der Waals surface area contributed by atoms with Gasteiger partial charge in [0.15, 0.2) is 0 Å². The SMILES string of the molecule is Cc1c(CSc2nnnn2-c2ccccc2)c(C)c(CSc2nnnn2-c2ccccc2)c(C)c1CSc1nnnn1-c1ccccc1. The van der Waals surface area contributed by atoms with E-state index in [-0.39, 0.29) is 0 Å². The van der Waals surface area contributed by atoms with Gasteiger partial charge >= 0.3 is 0 Å². The van der Waals surface area contributed by atoms with Crippen LogP contribution >= 0.6 is 35.3 Å². The summed E-state index contributed by atoms with van der Waals surface area (Å²) in [6.07, 6.45) is 0. The Kier molecular flexibility index (Phi) is 9.58. The fourth-order valence-corrected chi connectivity index (χ4v) is 8.65. The van der Waals surface area contributed by atoms with E-state index in [1.54, 1.807) is 49.3 Å². The number of aromatic nitrogens is 12. The highest BCUT2D eigenvalue weighted by molar-refractivity contribution is 7.98. The van der Waals surface area contributed by atoms with E-state index in [1.165, 1.54) is 33.4 Å². The zero-order chi connectivity index (χ0) is 32.9. The Morgan fingerprint density at radius 2 is 0.688 bits per heavy atom. The molecule has 0 N–H and O–H groups in total. The van der Waals surface area contributed by atoms with Gasteiger partial charge in [-0.15, -0.1) is 15.3 Å². The number of nitrogens with zero attached hydrogens (tertiary/aromatic N) is 12. The third-order valence-electron chi connectivity index (χ3n) is 8.08. The molecule has 0 aliphatic heterocycles. The van der Waals surface area contributed by atoms with E-state index < -0.39 is 0 Å². The highest BCUT2D eigenvalue weighted by atomic mass is 32.2. The van der Waals surface area contributed by atoms with Gasteiger partial charge in [0.2, 0.25) is 15.5 Å². The molecule has 0 radical (unpaired) electrons. The molecule has 7 aromatic rings. The summed E-state index contributed by atoms with van der Waals surface area (Å²) in [5.74, 6) is 2.10. The first kappa shape index (κ1) is 31.7. The minimum absolute atomic E-state index is 0.698. The van der Waals surface area contributed by atoms with Crippen LogP contribution in [-0.2, 0) is 17.3 Å². The molecule has 0 saturated carbocycles. The predicted octanol–water partition coefficient (Wildman–Crippen LogP) is 6.42. The van der Waals surface area contributed by atoms with Crippen LogP contribution in [0.2, 0.25) is 0 Å². The van der Waals surface area contributed by atoms with E-state index in [0.717, 1.165) is 32.5 Å². The lowest BCUT2D eigenvalue weighted by molar-refractivity contribution is 0.756. The molecule has 12 nitrogen and oxygen atoms in total. The molecule has 3 heterocycles. The molecule has 0 fully saturated rings. The summed E-state index contributed by atoms with van der Waals surface area (Å²) in [4.78, 5) is 0. The van der Waals surface area contributed by atoms with Gasteiger partial charge in [-0.1, -0.05) is 89.9 Å². The molecule has 0 bridgehead atoms. The Morgan fingerprint density at radius 3 is 0.958 bits per heavy atom. The molecule has 0 aliphatic rings. The van der Waals surface area contributed by atoms with Crippen molar-refractivity contribution < 1.29 is 0 Å². The maximum absolute atomic E-state index is 4.35. The number of rotatable bonds is 12. The van der Waals surface area contributed by atoms with E-state index in [9.17, 15) is 0 Å². The van der Waals surface area contributed by atoms with Gasteiger partial charge in [0.1, 0.15) is 0 Å². The highest BCUT2D eigenvalue weighted by Crippen LogP contribution is 2.37. The summed E-state index contributed by atoms with van der Waals surface area (Å²) >= 11 is 4.87. The summed E-state index contributed by atoms with van der Waals surface area (Å²) in [6, 6.07) is 29.8. The van der Waals surface area contributed by atoms with Crippen molar-refractivity contribution in [1.82, 2.24) is 60.6 Å². The van der Waals surface area contributed by atoms with Crippen molar-refractivity contribution in [3.05, 3.63) is 124 Å². The Balaban J connectivity index is 1.21. The van der Waals surface area contributed by atoms with Gasteiger partial charge in [0, 0.05) is 17.3 Å². The lowest BCUT2D eigenvalue weighted by Crippen LogP contribution is -2.08. The Labute approximate surface area is 289 Å². The van der Waals surface area contributed by atoms with Crippen molar-refractivity contribution in [3.63, 3.8) is 0 Å². The second-order valence-electron chi connectivity index (χ2n) is 10.8. The lowest BCUT2D eigenvalue weighted by Gasteiger charge is -2.22. The number of para-hydroxylation sites is 3. The van der Waals surface area contributed by atoms with Crippen molar-refractivity contribution in [2.24, 2.45) is 0 Å². The van der Waals surface area contributed by atoms with Crippen LogP contribution in [0, 0.1) is 20.8 Å². The standard InChI is InChI=1S/C33H30N12S3/c1-22-28(19-46-31-34-37-40-43(31)25-13-7-4-8-14-25)23(2)30(21-48-33-36-39-42-45(33)27-17-11-6-12-18-27)24(3)29(22)20-47-32-35-38-41-44(32)26-15-9-5-10-16-26/h4-18H,19-21H2,1-3H3. The molecule has 0 spiro atoms. The van der Waals surface area contributed by atoms with E-state index in [1.807, 2.05) is 91.0 Å². The van der Waals surface area contributed by atoms with E-state index in [2.05, 4.69) is 67.3 Å². The van der Waals surface area contributed by atoms with Gasteiger partial charge in [-0.05, 0) is 122 Å². The minimum Gasteiger partial charge on any atom is -0.188 e. The van der Waals surface area contributed by atoms with Crippen molar-refractivity contribution in [2.45, 2.75) is 53.5 Å². The van der Waals surface area contributed by atoms with Crippen molar-refractivity contribution >= 4 is 35.3 Å². The van der Waals surface area contributed by atoms with Crippen LogP contribution in [0.4, 0.5) is 0 Å². The number of hydrogen-bond acceptors (Lipinski definition) is 12.